The fourth-order valence-electron chi connectivity index (χ4n) is 3.51. The zero-order chi connectivity index (χ0) is 23.4. The first kappa shape index (κ1) is 23.3. The number of carbonyl (C=O) groups is 1. The molecule has 1 aliphatic carbocycles. The first-order valence-electron chi connectivity index (χ1n) is 10.6. The molecule has 0 atom stereocenters. The predicted octanol–water partition coefficient (Wildman–Crippen LogP) is 6.00. The zero-order valence-corrected chi connectivity index (χ0v) is 20.0. The summed E-state index contributed by atoms with van der Waals surface area (Å²) < 4.78 is 11.2. The predicted molar refractivity (Wildman–Crippen MR) is 133 cm³/mol. The number of halogens is 1. The molecule has 0 bridgehead atoms. The number of ether oxygens (including phenoxy) is 2. The normalized spacial score (nSPS) is 14.7. The van der Waals surface area contributed by atoms with Gasteiger partial charge in [-0.15, -0.1) is 11.3 Å². The summed E-state index contributed by atoms with van der Waals surface area (Å²) in [6.07, 6.45) is 4.67. The van der Waals surface area contributed by atoms with Crippen LogP contribution in [-0.4, -0.2) is 37.2 Å². The molecule has 8 heteroatoms. The number of methoxy groups -OCH3 is 1. The second-order valence-electron chi connectivity index (χ2n) is 8.02. The molecule has 4 rings (SSSR count). The lowest BCUT2D eigenvalue weighted by Crippen LogP contribution is -2.42. The Bertz CT molecular complexity index is 1160. The molecule has 1 heterocycles. The summed E-state index contributed by atoms with van der Waals surface area (Å²) in [7, 11) is 1.54. The summed E-state index contributed by atoms with van der Waals surface area (Å²) in [5.74, 6) is 0.998. The maximum absolute atomic E-state index is 11.8. The van der Waals surface area contributed by atoms with Crippen molar-refractivity contribution in [3.63, 3.8) is 0 Å². The molecule has 0 spiro atoms. The number of aliphatic imine (C=N–C) groups is 1. The second-order valence-corrected chi connectivity index (χ2v) is 9.71. The van der Waals surface area contributed by atoms with E-state index in [1.54, 1.807) is 29.5 Å². The molecule has 2 aromatic carbocycles. The second kappa shape index (κ2) is 9.95. The van der Waals surface area contributed by atoms with E-state index in [4.69, 9.17) is 21.1 Å². The zero-order valence-electron chi connectivity index (χ0n) is 18.5. The van der Waals surface area contributed by atoms with Gasteiger partial charge in [0.15, 0.2) is 11.5 Å². The van der Waals surface area contributed by atoms with Gasteiger partial charge < -0.3 is 14.6 Å². The highest BCUT2D eigenvalue weighted by atomic mass is 35.5. The first-order chi connectivity index (χ1) is 15.9. The van der Waals surface area contributed by atoms with Crippen LogP contribution in [0.3, 0.4) is 0 Å². The molecular weight excluding hydrogens is 460 g/mol. The third kappa shape index (κ3) is 5.38. The van der Waals surface area contributed by atoms with Gasteiger partial charge in [0.2, 0.25) is 6.41 Å². The molecule has 1 aromatic heterocycles. The highest BCUT2D eigenvalue weighted by Crippen LogP contribution is 2.37. The number of amides is 1. The van der Waals surface area contributed by atoms with E-state index < -0.39 is 5.60 Å². The van der Waals surface area contributed by atoms with E-state index in [0.717, 1.165) is 40.3 Å². The van der Waals surface area contributed by atoms with Crippen molar-refractivity contribution in [2.24, 2.45) is 4.99 Å². The largest absolute Gasteiger partial charge is 0.493 e. The van der Waals surface area contributed by atoms with Crippen molar-refractivity contribution < 1.29 is 19.4 Å². The lowest BCUT2D eigenvalue weighted by atomic mass is 9.81. The van der Waals surface area contributed by atoms with Crippen molar-refractivity contribution in [3.8, 4) is 21.9 Å². The number of hydrogen-bond acceptors (Lipinski definition) is 6. The minimum atomic E-state index is -0.756. The van der Waals surface area contributed by atoms with E-state index in [1.807, 2.05) is 37.3 Å². The van der Waals surface area contributed by atoms with Crippen molar-refractivity contribution in [1.82, 2.24) is 0 Å². The molecule has 3 aromatic rings. The Hall–Kier alpha value is -2.87. The van der Waals surface area contributed by atoms with Crippen LogP contribution in [0.4, 0.5) is 11.4 Å². The summed E-state index contributed by atoms with van der Waals surface area (Å²) >= 11 is 7.62. The number of aliphatic hydroxyl groups is 1. The number of benzene rings is 2. The summed E-state index contributed by atoms with van der Waals surface area (Å²) in [5.41, 5.74) is 1.69. The van der Waals surface area contributed by atoms with Crippen LogP contribution in [0.15, 0.2) is 53.5 Å². The van der Waals surface area contributed by atoms with Gasteiger partial charge in [-0.2, -0.15) is 0 Å². The fraction of sp³-hybridized carbons (Fsp3) is 0.280. The minimum Gasteiger partial charge on any atom is -0.493 e. The number of nitrogens with zero attached hydrogens (tertiary/aromatic N) is 2. The lowest BCUT2D eigenvalue weighted by molar-refractivity contribution is -0.106. The molecular formula is C25H25ClN2O4S. The third-order valence-corrected chi connectivity index (χ3v) is 7.02. The molecule has 1 saturated carbocycles. The average molecular weight is 485 g/mol. The van der Waals surface area contributed by atoms with Crippen molar-refractivity contribution >= 4 is 47.1 Å². The van der Waals surface area contributed by atoms with Gasteiger partial charge in [-0.3, -0.25) is 9.69 Å². The van der Waals surface area contributed by atoms with E-state index in [-0.39, 0.29) is 6.61 Å². The van der Waals surface area contributed by atoms with Crippen LogP contribution in [0.25, 0.3) is 10.4 Å². The average Bonchev–Trinajstić information content (AvgIpc) is 3.18. The molecule has 33 heavy (non-hydrogen) atoms. The van der Waals surface area contributed by atoms with Gasteiger partial charge in [0.05, 0.1) is 24.1 Å². The molecule has 0 radical (unpaired) electrons. The van der Waals surface area contributed by atoms with Gasteiger partial charge in [0.1, 0.15) is 12.9 Å². The maximum Gasteiger partial charge on any atom is 0.219 e. The van der Waals surface area contributed by atoms with Gasteiger partial charge in [-0.1, -0.05) is 23.7 Å². The van der Waals surface area contributed by atoms with Crippen LogP contribution in [0.1, 0.15) is 24.1 Å². The standard InChI is InChI=1S/C25H25ClN2O4S/c1-17-21(13-24(33-17)18-4-6-19(26)7-5-18)27-15-28(16-29)20-8-9-22(23(12-20)31-2)32-14-25(30)10-3-11-25/h4-9,12-13,15-16,30H,3,10-11,14H2,1-2H3/b27-15-. The highest BCUT2D eigenvalue weighted by molar-refractivity contribution is 7.16. The SMILES string of the molecule is COc1cc(N(C=O)/C=N\c2cc(-c3ccc(Cl)cc3)sc2C)ccc1OCC1(O)CCC1. The molecule has 0 saturated heterocycles. The minimum absolute atomic E-state index is 0.217. The Morgan fingerprint density at radius 2 is 1.94 bits per heavy atom. The topological polar surface area (TPSA) is 71.4 Å². The number of rotatable bonds is 9. The van der Waals surface area contributed by atoms with Crippen LogP contribution in [0, 0.1) is 6.92 Å². The monoisotopic (exact) mass is 484 g/mol. The number of hydrogen-bond donors (Lipinski definition) is 1. The molecule has 172 valence electrons. The van der Waals surface area contributed by atoms with Gasteiger partial charge >= 0.3 is 0 Å². The van der Waals surface area contributed by atoms with Gasteiger partial charge in [-0.25, -0.2) is 4.99 Å². The molecule has 6 nitrogen and oxygen atoms in total. The fourth-order valence-corrected chi connectivity index (χ4v) is 4.61. The number of carbonyl (C=O) groups excluding carboxylic acids is 1. The van der Waals surface area contributed by atoms with E-state index in [0.29, 0.717) is 28.6 Å². The van der Waals surface area contributed by atoms with Gasteiger partial charge in [-0.05, 0) is 62.1 Å². The number of anilines is 1. The summed E-state index contributed by atoms with van der Waals surface area (Å²) in [5, 5.41) is 11.0. The van der Waals surface area contributed by atoms with Gasteiger partial charge in [0, 0.05) is 20.8 Å². The Morgan fingerprint density at radius 1 is 1.18 bits per heavy atom. The Morgan fingerprint density at radius 3 is 2.58 bits per heavy atom. The van der Waals surface area contributed by atoms with Crippen LogP contribution in [0.2, 0.25) is 5.02 Å². The van der Waals surface area contributed by atoms with E-state index >= 15 is 0 Å². The number of thiophene rings is 1. The van der Waals surface area contributed by atoms with Crippen LogP contribution in [0.5, 0.6) is 11.5 Å². The Kier molecular flexibility index (Phi) is 7.02. The van der Waals surface area contributed by atoms with Crippen molar-refractivity contribution in [3.05, 3.63) is 58.4 Å². The smallest absolute Gasteiger partial charge is 0.219 e. The maximum atomic E-state index is 11.8. The van der Waals surface area contributed by atoms with Crippen molar-refractivity contribution in [1.29, 1.82) is 0 Å². The lowest BCUT2D eigenvalue weighted by Gasteiger charge is -2.36. The number of aryl methyl sites for hydroxylation is 1. The van der Waals surface area contributed by atoms with Crippen molar-refractivity contribution in [2.75, 3.05) is 18.6 Å². The summed E-state index contributed by atoms with van der Waals surface area (Å²) in [4.78, 5) is 19.8. The molecule has 1 aliphatic rings. The van der Waals surface area contributed by atoms with E-state index in [2.05, 4.69) is 4.99 Å². The molecule has 1 fully saturated rings. The highest BCUT2D eigenvalue weighted by Gasteiger charge is 2.35. The molecule has 0 unspecified atom stereocenters. The quantitative estimate of drug-likeness (QED) is 0.229. The van der Waals surface area contributed by atoms with Crippen LogP contribution >= 0.6 is 22.9 Å². The molecule has 1 amide bonds. The third-order valence-electron chi connectivity index (χ3n) is 5.68. The van der Waals surface area contributed by atoms with E-state index in [1.165, 1.54) is 18.3 Å². The van der Waals surface area contributed by atoms with Crippen molar-refractivity contribution in [2.45, 2.75) is 31.8 Å². The Balaban J connectivity index is 1.50. The van der Waals surface area contributed by atoms with Crippen LogP contribution < -0.4 is 14.4 Å². The first-order valence-corrected chi connectivity index (χ1v) is 11.8. The van der Waals surface area contributed by atoms with Gasteiger partial charge in [0.25, 0.3) is 0 Å². The molecule has 1 N–H and O–H groups in total. The van der Waals surface area contributed by atoms with E-state index in [9.17, 15) is 9.90 Å². The molecule has 0 aliphatic heterocycles. The summed E-state index contributed by atoms with van der Waals surface area (Å²) in [6, 6.07) is 14.8. The Labute approximate surface area is 202 Å². The summed E-state index contributed by atoms with van der Waals surface area (Å²) in [6.45, 7) is 2.21. The van der Waals surface area contributed by atoms with Crippen LogP contribution in [-0.2, 0) is 4.79 Å².